The van der Waals surface area contributed by atoms with Crippen molar-refractivity contribution in [2.75, 3.05) is 12.4 Å². The topological polar surface area (TPSA) is 64.1 Å². The van der Waals surface area contributed by atoms with Crippen molar-refractivity contribution in [2.24, 2.45) is 0 Å². The fourth-order valence-corrected chi connectivity index (χ4v) is 3.81. The molecule has 3 rings (SSSR count). The van der Waals surface area contributed by atoms with Gasteiger partial charge in [0.2, 0.25) is 0 Å². The molecule has 24 heavy (non-hydrogen) atoms. The minimum Gasteiger partial charge on any atom is -0.465 e. The number of fused-ring (bicyclic) bond motifs is 1. The van der Waals surface area contributed by atoms with Crippen molar-refractivity contribution in [3.63, 3.8) is 0 Å². The van der Waals surface area contributed by atoms with Gasteiger partial charge in [-0.15, -0.1) is 11.3 Å². The lowest BCUT2D eigenvalue weighted by molar-refractivity contribution is 0.0605. The van der Waals surface area contributed by atoms with Crippen molar-refractivity contribution < 1.29 is 9.53 Å². The second kappa shape index (κ2) is 6.57. The van der Waals surface area contributed by atoms with E-state index in [-0.39, 0.29) is 12.0 Å². The zero-order valence-electron chi connectivity index (χ0n) is 14.1. The number of nitrogens with one attached hydrogen (secondary N) is 1. The number of hydrogen-bond donors (Lipinski definition) is 1. The highest BCUT2D eigenvalue weighted by Crippen LogP contribution is 2.35. The summed E-state index contributed by atoms with van der Waals surface area (Å²) >= 11 is 1.34. The second-order valence-electron chi connectivity index (χ2n) is 5.62. The first kappa shape index (κ1) is 16.4. The number of aromatic nitrogens is 2. The molecule has 0 fully saturated rings. The van der Waals surface area contributed by atoms with Crippen LogP contribution in [0.1, 0.15) is 39.6 Å². The molecule has 3 aromatic rings. The van der Waals surface area contributed by atoms with Gasteiger partial charge in [0.1, 0.15) is 21.3 Å². The van der Waals surface area contributed by atoms with E-state index in [9.17, 15) is 4.79 Å². The molecule has 1 N–H and O–H groups in total. The molecule has 0 aliphatic heterocycles. The van der Waals surface area contributed by atoms with Crippen LogP contribution in [0.5, 0.6) is 0 Å². The van der Waals surface area contributed by atoms with Crippen LogP contribution in [0.2, 0.25) is 0 Å². The van der Waals surface area contributed by atoms with E-state index in [2.05, 4.69) is 34.3 Å². The first-order chi connectivity index (χ1) is 11.5. The molecule has 1 aromatic carbocycles. The highest BCUT2D eigenvalue weighted by atomic mass is 32.1. The average Bonchev–Trinajstić information content (AvgIpc) is 2.91. The Morgan fingerprint density at radius 2 is 1.92 bits per heavy atom. The van der Waals surface area contributed by atoms with E-state index in [0.717, 1.165) is 21.6 Å². The summed E-state index contributed by atoms with van der Waals surface area (Å²) in [7, 11) is 1.39. The number of hydrogen-bond acceptors (Lipinski definition) is 6. The maximum absolute atomic E-state index is 12.0. The molecule has 6 heteroatoms. The fourth-order valence-electron chi connectivity index (χ4n) is 2.67. The zero-order valence-corrected chi connectivity index (χ0v) is 14.9. The molecule has 2 aromatic heterocycles. The van der Waals surface area contributed by atoms with Crippen LogP contribution in [0.15, 0.2) is 30.3 Å². The minimum atomic E-state index is -0.338. The standard InChI is InChI=1S/C18H19N3O2S/c1-10-14-16(19-11(2)13-8-6-5-7-9-13)20-12(3)21-17(14)24-15(10)18(22)23-4/h5-9,11H,1-4H3,(H,19,20,21)/t11-/m0/s1. The van der Waals surface area contributed by atoms with E-state index in [1.807, 2.05) is 32.0 Å². The zero-order chi connectivity index (χ0) is 17.3. The monoisotopic (exact) mass is 341 g/mol. The maximum atomic E-state index is 12.0. The molecule has 0 aliphatic rings. The molecular formula is C18H19N3O2S. The van der Waals surface area contributed by atoms with Crippen LogP contribution in [-0.2, 0) is 4.74 Å². The predicted octanol–water partition coefficient (Wildman–Crippen LogP) is 4.27. The third-order valence-corrected chi connectivity index (χ3v) is 5.09. The number of carbonyl (C=O) groups excluding carboxylic acids is 1. The number of nitrogens with zero attached hydrogens (tertiary/aromatic N) is 2. The first-order valence-electron chi connectivity index (χ1n) is 7.68. The highest BCUT2D eigenvalue weighted by Gasteiger charge is 2.21. The largest absolute Gasteiger partial charge is 0.465 e. The van der Waals surface area contributed by atoms with Crippen LogP contribution in [0, 0.1) is 13.8 Å². The van der Waals surface area contributed by atoms with E-state index in [1.54, 1.807) is 0 Å². The molecule has 0 bridgehead atoms. The highest BCUT2D eigenvalue weighted by molar-refractivity contribution is 7.20. The lowest BCUT2D eigenvalue weighted by atomic mass is 10.1. The van der Waals surface area contributed by atoms with Gasteiger partial charge in [-0.1, -0.05) is 30.3 Å². The van der Waals surface area contributed by atoms with Crippen LogP contribution in [-0.4, -0.2) is 23.0 Å². The molecule has 5 nitrogen and oxygen atoms in total. The molecule has 0 radical (unpaired) electrons. The summed E-state index contributed by atoms with van der Waals surface area (Å²) in [6.07, 6.45) is 0. The molecule has 0 saturated carbocycles. The second-order valence-corrected chi connectivity index (χ2v) is 6.62. The molecular weight excluding hydrogens is 322 g/mol. The molecule has 124 valence electrons. The van der Waals surface area contributed by atoms with Crippen LogP contribution in [0.3, 0.4) is 0 Å². The Balaban J connectivity index is 2.07. The molecule has 0 amide bonds. The third-order valence-electron chi connectivity index (χ3n) is 3.93. The van der Waals surface area contributed by atoms with Gasteiger partial charge in [-0.25, -0.2) is 14.8 Å². The van der Waals surface area contributed by atoms with Crippen molar-refractivity contribution in [3.8, 4) is 0 Å². The van der Waals surface area contributed by atoms with Gasteiger partial charge in [0.25, 0.3) is 0 Å². The Hall–Kier alpha value is -2.47. The summed E-state index contributed by atoms with van der Waals surface area (Å²) in [5.41, 5.74) is 2.02. The summed E-state index contributed by atoms with van der Waals surface area (Å²) < 4.78 is 4.87. The van der Waals surface area contributed by atoms with Crippen molar-refractivity contribution in [1.29, 1.82) is 0 Å². The van der Waals surface area contributed by atoms with Gasteiger partial charge in [0, 0.05) is 6.04 Å². The minimum absolute atomic E-state index is 0.0876. The number of benzene rings is 1. The Morgan fingerprint density at radius 1 is 1.21 bits per heavy atom. The number of methoxy groups -OCH3 is 1. The molecule has 0 unspecified atom stereocenters. The number of thiophene rings is 1. The van der Waals surface area contributed by atoms with E-state index in [1.165, 1.54) is 24.0 Å². The quantitative estimate of drug-likeness (QED) is 0.718. The summed E-state index contributed by atoms with van der Waals surface area (Å²) in [6, 6.07) is 10.3. The van der Waals surface area contributed by atoms with Crippen LogP contribution < -0.4 is 5.32 Å². The number of ether oxygens (including phenoxy) is 1. The summed E-state index contributed by atoms with van der Waals surface area (Å²) in [5.74, 6) is 1.08. The van der Waals surface area contributed by atoms with Gasteiger partial charge in [-0.3, -0.25) is 0 Å². The molecule has 0 aliphatic carbocycles. The van der Waals surface area contributed by atoms with Crippen molar-refractivity contribution in [2.45, 2.75) is 26.8 Å². The number of aryl methyl sites for hydroxylation is 2. The van der Waals surface area contributed by atoms with Gasteiger partial charge < -0.3 is 10.1 Å². The predicted molar refractivity (Wildman–Crippen MR) is 96.7 cm³/mol. The number of anilines is 1. The van der Waals surface area contributed by atoms with E-state index >= 15 is 0 Å². The first-order valence-corrected chi connectivity index (χ1v) is 8.50. The Bertz CT molecular complexity index is 890. The van der Waals surface area contributed by atoms with Gasteiger partial charge in [-0.05, 0) is 31.9 Å². The van der Waals surface area contributed by atoms with Crippen molar-refractivity contribution >= 4 is 33.3 Å². The van der Waals surface area contributed by atoms with Crippen LogP contribution >= 0.6 is 11.3 Å². The lowest BCUT2D eigenvalue weighted by Crippen LogP contribution is -2.09. The third kappa shape index (κ3) is 2.97. The van der Waals surface area contributed by atoms with E-state index in [4.69, 9.17) is 4.74 Å². The smallest absolute Gasteiger partial charge is 0.348 e. The normalized spacial score (nSPS) is 12.2. The summed E-state index contributed by atoms with van der Waals surface area (Å²) in [4.78, 5) is 22.4. The van der Waals surface area contributed by atoms with Gasteiger partial charge in [-0.2, -0.15) is 0 Å². The van der Waals surface area contributed by atoms with Crippen molar-refractivity contribution in [3.05, 3.63) is 52.2 Å². The Morgan fingerprint density at radius 3 is 2.58 bits per heavy atom. The number of rotatable bonds is 4. The fraction of sp³-hybridized carbons (Fsp3) is 0.278. The van der Waals surface area contributed by atoms with Crippen LogP contribution in [0.4, 0.5) is 5.82 Å². The summed E-state index contributed by atoms with van der Waals surface area (Å²) in [6.45, 7) is 5.84. The van der Waals surface area contributed by atoms with Gasteiger partial charge >= 0.3 is 5.97 Å². The molecule has 0 spiro atoms. The number of esters is 1. The van der Waals surface area contributed by atoms with Crippen molar-refractivity contribution in [1.82, 2.24) is 9.97 Å². The molecule has 0 saturated heterocycles. The van der Waals surface area contributed by atoms with Gasteiger partial charge in [0.15, 0.2) is 0 Å². The SMILES string of the molecule is COC(=O)c1sc2nc(C)nc(N[C@@H](C)c3ccccc3)c2c1C. The lowest BCUT2D eigenvalue weighted by Gasteiger charge is -2.16. The van der Waals surface area contributed by atoms with Gasteiger partial charge in [0.05, 0.1) is 12.5 Å². The molecule has 1 atom stereocenters. The number of carbonyl (C=O) groups is 1. The maximum Gasteiger partial charge on any atom is 0.348 e. The van der Waals surface area contributed by atoms with E-state index in [0.29, 0.717) is 10.7 Å². The Kier molecular flexibility index (Phi) is 4.49. The summed E-state index contributed by atoms with van der Waals surface area (Å²) in [5, 5.41) is 4.34. The van der Waals surface area contributed by atoms with E-state index < -0.39 is 0 Å². The Labute approximate surface area is 144 Å². The average molecular weight is 341 g/mol. The van der Waals surface area contributed by atoms with Crippen LogP contribution in [0.25, 0.3) is 10.2 Å². The molecule has 2 heterocycles.